The number of halogens is 4. The second-order valence-electron chi connectivity index (χ2n) is 6.41. The summed E-state index contributed by atoms with van der Waals surface area (Å²) in [6.45, 7) is 0. The fourth-order valence-electron chi connectivity index (χ4n) is 2.77. The second-order valence-corrected chi connectivity index (χ2v) is 7.75. The number of rotatable bonds is 3. The van der Waals surface area contributed by atoms with Gasteiger partial charge in [-0.05, 0) is 11.2 Å². The highest BCUT2D eigenvalue weighted by Crippen LogP contribution is 2.38. The van der Waals surface area contributed by atoms with Crippen LogP contribution in [0.25, 0.3) is 33.4 Å². The number of anilines is 2. The van der Waals surface area contributed by atoms with Gasteiger partial charge in [-0.2, -0.15) is 18.3 Å². The Morgan fingerprint density at radius 3 is 2.45 bits per heavy atom. The lowest BCUT2D eigenvalue weighted by molar-refractivity contribution is -0.192. The van der Waals surface area contributed by atoms with Gasteiger partial charge in [-0.1, -0.05) is 5.16 Å². The third kappa shape index (κ3) is 4.83. The van der Waals surface area contributed by atoms with Crippen molar-refractivity contribution in [3.63, 3.8) is 0 Å². The Kier molecular flexibility index (Phi) is 6.46. The summed E-state index contributed by atoms with van der Waals surface area (Å²) in [4.78, 5) is 13.6. The molecule has 6 N–H and O–H groups in total. The molecule has 0 radical (unpaired) electrons. The summed E-state index contributed by atoms with van der Waals surface area (Å²) < 4.78 is 63.5. The zero-order valence-electron chi connectivity index (χ0n) is 16.5. The van der Waals surface area contributed by atoms with E-state index < -0.39 is 29.1 Å². The number of aliphatic carboxylic acids is 1. The quantitative estimate of drug-likeness (QED) is 0.192. The van der Waals surface area contributed by atoms with E-state index in [9.17, 15) is 22.1 Å². The van der Waals surface area contributed by atoms with Gasteiger partial charge in [0.1, 0.15) is 12.1 Å². The highest BCUT2D eigenvalue weighted by atomic mass is 32.2. The van der Waals surface area contributed by atoms with E-state index in [1.165, 1.54) is 18.5 Å². The molecule has 4 rings (SSSR count). The Morgan fingerprint density at radius 1 is 1.24 bits per heavy atom. The van der Waals surface area contributed by atoms with E-state index in [0.29, 0.717) is 21.4 Å². The predicted octanol–water partition coefficient (Wildman–Crippen LogP) is 2.95. The van der Waals surface area contributed by atoms with Crippen LogP contribution < -0.4 is 11.5 Å². The van der Waals surface area contributed by atoms with E-state index >= 15 is 0 Å². The lowest BCUT2D eigenvalue weighted by atomic mass is 10.0. The highest BCUT2D eigenvalue weighted by molar-refractivity contribution is 7.90. The van der Waals surface area contributed by atoms with Gasteiger partial charge in [0, 0.05) is 41.2 Å². The molecule has 15 heteroatoms. The maximum Gasteiger partial charge on any atom is 0.490 e. The molecule has 0 bridgehead atoms. The minimum absolute atomic E-state index is 0.0724. The van der Waals surface area contributed by atoms with Crippen LogP contribution in [0.2, 0.25) is 0 Å². The molecule has 1 atom stereocenters. The fraction of sp³-hybridized carbons (Fsp3) is 0.111. The van der Waals surface area contributed by atoms with Gasteiger partial charge < -0.3 is 25.6 Å². The van der Waals surface area contributed by atoms with Crippen LogP contribution in [0.5, 0.6) is 0 Å². The molecule has 0 saturated heterocycles. The summed E-state index contributed by atoms with van der Waals surface area (Å²) in [5, 5.41) is 17.9. The van der Waals surface area contributed by atoms with Crippen LogP contribution in [0.4, 0.5) is 29.1 Å². The average molecular weight is 486 g/mol. The van der Waals surface area contributed by atoms with E-state index in [-0.39, 0.29) is 22.8 Å². The Balaban J connectivity index is 0.000000383. The molecule has 0 aliphatic carbocycles. The smallest absolute Gasteiger partial charge is 0.490 e. The molecule has 3 heterocycles. The molecule has 3 aromatic heterocycles. The van der Waals surface area contributed by atoms with Crippen LogP contribution >= 0.6 is 0 Å². The number of H-pyrrole nitrogens is 1. The lowest BCUT2D eigenvalue weighted by Gasteiger charge is -2.11. The van der Waals surface area contributed by atoms with Gasteiger partial charge >= 0.3 is 12.1 Å². The molecule has 174 valence electrons. The van der Waals surface area contributed by atoms with Crippen LogP contribution in [0.1, 0.15) is 0 Å². The molecule has 1 aromatic carbocycles. The Labute approximate surface area is 184 Å². The third-order valence-electron chi connectivity index (χ3n) is 4.24. The van der Waals surface area contributed by atoms with Crippen molar-refractivity contribution < 1.29 is 36.5 Å². The first-order valence-electron chi connectivity index (χ1n) is 8.67. The molecular formula is C18H14F4N6O4S. The number of carboxylic acids is 1. The SMILES string of the molecule is C[S+]([O-])c1cc(-c2ncc(-c3cn[nH]c3)c3onc(N)c23)c(F)cc1N.O=C(O)C(F)(F)F. The molecule has 0 amide bonds. The van der Waals surface area contributed by atoms with Crippen molar-refractivity contribution in [1.29, 1.82) is 0 Å². The van der Waals surface area contributed by atoms with Crippen molar-refractivity contribution in [3.05, 3.63) is 36.5 Å². The van der Waals surface area contributed by atoms with Crippen molar-refractivity contribution in [2.75, 3.05) is 17.7 Å². The number of aromatic nitrogens is 4. The molecule has 33 heavy (non-hydrogen) atoms. The van der Waals surface area contributed by atoms with Crippen LogP contribution in [-0.4, -0.2) is 48.4 Å². The van der Waals surface area contributed by atoms with Gasteiger partial charge in [-0.3, -0.25) is 10.1 Å². The molecule has 10 nitrogen and oxygen atoms in total. The number of nitrogen functional groups attached to an aromatic ring is 2. The number of fused-ring (bicyclic) bond motifs is 1. The van der Waals surface area contributed by atoms with Gasteiger partial charge in [0.15, 0.2) is 16.3 Å². The van der Waals surface area contributed by atoms with E-state index in [4.69, 9.17) is 25.9 Å². The third-order valence-corrected chi connectivity index (χ3v) is 5.21. The molecule has 0 aliphatic rings. The first-order chi connectivity index (χ1) is 15.4. The van der Waals surface area contributed by atoms with Gasteiger partial charge in [-0.15, -0.1) is 0 Å². The van der Waals surface area contributed by atoms with Gasteiger partial charge in [-0.25, -0.2) is 9.18 Å². The van der Waals surface area contributed by atoms with E-state index in [1.54, 1.807) is 12.4 Å². The van der Waals surface area contributed by atoms with Crippen molar-refractivity contribution >= 4 is 39.6 Å². The first kappa shape index (κ1) is 23.8. The van der Waals surface area contributed by atoms with Crippen LogP contribution in [0, 0.1) is 5.82 Å². The zero-order valence-corrected chi connectivity index (χ0v) is 17.3. The minimum Gasteiger partial charge on any atom is -0.612 e. The van der Waals surface area contributed by atoms with Gasteiger partial charge in [0.05, 0.1) is 23.0 Å². The number of nitrogens with one attached hydrogen (secondary N) is 1. The summed E-state index contributed by atoms with van der Waals surface area (Å²) in [6, 6.07) is 2.53. The number of nitrogens with two attached hydrogens (primary N) is 2. The van der Waals surface area contributed by atoms with E-state index in [0.717, 1.165) is 11.6 Å². The van der Waals surface area contributed by atoms with Gasteiger partial charge in [0.2, 0.25) is 0 Å². The molecular weight excluding hydrogens is 472 g/mol. The van der Waals surface area contributed by atoms with Crippen molar-refractivity contribution in [2.24, 2.45) is 0 Å². The summed E-state index contributed by atoms with van der Waals surface area (Å²) in [6.07, 6.45) is 1.16. The van der Waals surface area contributed by atoms with Gasteiger partial charge in [0.25, 0.3) is 0 Å². The average Bonchev–Trinajstić information content (AvgIpc) is 3.38. The predicted molar refractivity (Wildman–Crippen MR) is 110 cm³/mol. The van der Waals surface area contributed by atoms with E-state index in [2.05, 4.69) is 20.3 Å². The Bertz CT molecular complexity index is 1310. The summed E-state index contributed by atoms with van der Waals surface area (Å²) in [5.41, 5.74) is 13.8. The summed E-state index contributed by atoms with van der Waals surface area (Å²) in [5.74, 6) is -3.29. The Morgan fingerprint density at radius 2 is 1.91 bits per heavy atom. The first-order valence-corrected chi connectivity index (χ1v) is 10.2. The number of hydrogen-bond acceptors (Lipinski definition) is 8. The van der Waals surface area contributed by atoms with Crippen LogP contribution in [-0.2, 0) is 16.0 Å². The van der Waals surface area contributed by atoms with Crippen molar-refractivity contribution in [3.8, 4) is 22.4 Å². The number of hydrogen-bond donors (Lipinski definition) is 4. The normalized spacial score (nSPS) is 12.3. The number of pyridine rings is 1. The molecule has 0 fully saturated rings. The maximum atomic E-state index is 14.6. The van der Waals surface area contributed by atoms with Crippen molar-refractivity contribution in [2.45, 2.75) is 11.1 Å². The largest absolute Gasteiger partial charge is 0.612 e. The number of carbonyl (C=O) groups is 1. The molecule has 0 spiro atoms. The highest BCUT2D eigenvalue weighted by Gasteiger charge is 2.38. The molecule has 1 unspecified atom stereocenters. The molecule has 0 saturated carbocycles. The minimum atomic E-state index is -5.08. The number of aromatic amines is 1. The van der Waals surface area contributed by atoms with E-state index in [1.807, 2.05) is 0 Å². The summed E-state index contributed by atoms with van der Waals surface area (Å²) in [7, 11) is 0. The molecule has 0 aliphatic heterocycles. The maximum absolute atomic E-state index is 14.6. The van der Waals surface area contributed by atoms with Crippen LogP contribution in [0.15, 0.2) is 40.1 Å². The molecule has 4 aromatic rings. The Hall–Kier alpha value is -3.85. The summed E-state index contributed by atoms with van der Waals surface area (Å²) >= 11 is -1.39. The number of alkyl halides is 3. The monoisotopic (exact) mass is 486 g/mol. The zero-order chi connectivity index (χ0) is 24.5. The standard InChI is InChI=1S/C16H13FN6O2S.C2HF3O2/c1-26(24)12-2-8(10(17)3-11(12)18)14-13-15(25-23-16(13)19)9(6-20-14)7-4-21-22-5-7;3-2(4,5)1(6)7/h2-6H,18H2,1H3,(H2,19,23)(H,21,22);(H,6,7). The van der Waals surface area contributed by atoms with Crippen molar-refractivity contribution in [1.82, 2.24) is 20.3 Å². The van der Waals surface area contributed by atoms with Crippen LogP contribution in [0.3, 0.4) is 0 Å². The number of benzene rings is 1. The fourth-order valence-corrected chi connectivity index (χ4v) is 3.45. The lowest BCUT2D eigenvalue weighted by Crippen LogP contribution is -2.21. The second kappa shape index (κ2) is 8.95. The number of carboxylic acid groups (broad SMARTS) is 1. The topological polar surface area (TPSA) is 180 Å². The number of nitrogens with zero attached hydrogens (tertiary/aromatic N) is 3.